The summed E-state index contributed by atoms with van der Waals surface area (Å²) in [6.07, 6.45) is 0. The molecule has 1 N–H and O–H groups in total. The van der Waals surface area contributed by atoms with Crippen molar-refractivity contribution in [2.45, 2.75) is 0 Å². The molecule has 0 spiro atoms. The molecule has 0 radical (unpaired) electrons. The molecule has 3 heterocycles. The number of rotatable bonds is 6. The number of imide groups is 1. The van der Waals surface area contributed by atoms with Gasteiger partial charge in [-0.1, -0.05) is 6.07 Å². The molecule has 7 nitrogen and oxygen atoms in total. The number of β-amino-alcohol motifs (C(OH)–C–C–N with tert-alkyl or cyclic N) is 1. The van der Waals surface area contributed by atoms with Crippen molar-refractivity contribution >= 4 is 40.1 Å². The van der Waals surface area contributed by atoms with Crippen molar-refractivity contribution in [2.24, 2.45) is 0 Å². The molecule has 30 heavy (non-hydrogen) atoms. The van der Waals surface area contributed by atoms with Crippen LogP contribution < -0.4 is 9.80 Å². The van der Waals surface area contributed by atoms with Gasteiger partial charge in [0.05, 0.1) is 17.9 Å². The molecule has 1 aromatic heterocycles. The van der Waals surface area contributed by atoms with Crippen LogP contribution in [0, 0.1) is 0 Å². The molecule has 0 bridgehead atoms. The molecule has 2 aromatic rings. The van der Waals surface area contributed by atoms with Gasteiger partial charge in [0.2, 0.25) is 0 Å². The van der Waals surface area contributed by atoms with Gasteiger partial charge in [0, 0.05) is 57.4 Å². The molecule has 2 aliphatic rings. The molecule has 2 aliphatic heterocycles. The molecule has 0 atom stereocenters. The number of benzene rings is 1. The molecule has 1 saturated heterocycles. The summed E-state index contributed by atoms with van der Waals surface area (Å²) in [5, 5.41) is 11.1. The third-order valence-corrected chi connectivity index (χ3v) is 6.44. The van der Waals surface area contributed by atoms with Gasteiger partial charge in [0.25, 0.3) is 11.8 Å². The van der Waals surface area contributed by atoms with E-state index in [1.54, 1.807) is 0 Å². The van der Waals surface area contributed by atoms with E-state index in [1.807, 2.05) is 65.7 Å². The highest BCUT2D eigenvalue weighted by atomic mass is 32.1. The first kappa shape index (κ1) is 20.6. The van der Waals surface area contributed by atoms with Crippen LogP contribution in [0.3, 0.4) is 0 Å². The molecular weight excluding hydrogens is 400 g/mol. The monoisotopic (exact) mass is 426 g/mol. The molecule has 158 valence electrons. The van der Waals surface area contributed by atoms with Gasteiger partial charge in [0.1, 0.15) is 5.70 Å². The van der Waals surface area contributed by atoms with Gasteiger partial charge in [-0.25, -0.2) is 4.90 Å². The van der Waals surface area contributed by atoms with Crippen LogP contribution in [0.1, 0.15) is 4.88 Å². The summed E-state index contributed by atoms with van der Waals surface area (Å²) in [7, 11) is 3.90. The zero-order chi connectivity index (χ0) is 21.3. The summed E-state index contributed by atoms with van der Waals surface area (Å²) in [5.74, 6) is -0.538. The number of thiophene rings is 1. The fourth-order valence-electron chi connectivity index (χ4n) is 3.93. The second-order valence-electron chi connectivity index (χ2n) is 7.61. The maximum absolute atomic E-state index is 13.5. The molecule has 0 aliphatic carbocycles. The van der Waals surface area contributed by atoms with E-state index < -0.39 is 0 Å². The predicted molar refractivity (Wildman–Crippen MR) is 120 cm³/mol. The molecular formula is C22H26N4O3S. The SMILES string of the molecule is CN(C)c1ccc(N2C(=O)C(c3cccs3)=C(N3CCN(CCO)CC3)C2=O)cc1. The Morgan fingerprint density at radius 1 is 1.00 bits per heavy atom. The number of carbonyl (C=O) groups is 2. The van der Waals surface area contributed by atoms with Gasteiger partial charge in [0.15, 0.2) is 0 Å². The standard InChI is InChI=1S/C22H26N4O3S/c1-23(2)16-5-7-17(8-6-16)26-21(28)19(18-4-3-15-30-18)20(22(26)29)25-11-9-24(10-12-25)13-14-27/h3-8,15,27H,9-14H2,1-2H3. The molecule has 1 fully saturated rings. The van der Waals surface area contributed by atoms with E-state index in [0.717, 1.165) is 23.7 Å². The first-order valence-electron chi connectivity index (χ1n) is 10.0. The lowest BCUT2D eigenvalue weighted by atomic mass is 10.1. The van der Waals surface area contributed by atoms with Crippen LogP contribution in [-0.4, -0.2) is 80.1 Å². The van der Waals surface area contributed by atoms with E-state index in [4.69, 9.17) is 0 Å². The van der Waals surface area contributed by atoms with E-state index in [-0.39, 0.29) is 18.4 Å². The lowest BCUT2D eigenvalue weighted by Gasteiger charge is -2.36. The van der Waals surface area contributed by atoms with Crippen molar-refractivity contribution in [2.75, 3.05) is 63.2 Å². The number of hydrogen-bond acceptors (Lipinski definition) is 7. The van der Waals surface area contributed by atoms with Gasteiger partial charge >= 0.3 is 0 Å². The second-order valence-corrected chi connectivity index (χ2v) is 8.56. The topological polar surface area (TPSA) is 67.3 Å². The maximum atomic E-state index is 13.5. The number of anilines is 2. The van der Waals surface area contributed by atoms with Crippen LogP contribution in [0.2, 0.25) is 0 Å². The molecule has 4 rings (SSSR count). The Kier molecular flexibility index (Phi) is 5.90. The number of carbonyl (C=O) groups excluding carboxylic acids is 2. The van der Waals surface area contributed by atoms with Crippen molar-refractivity contribution in [3.8, 4) is 0 Å². The smallest absolute Gasteiger partial charge is 0.282 e. The summed E-state index contributed by atoms with van der Waals surface area (Å²) in [4.78, 5) is 35.2. The molecule has 0 saturated carbocycles. The van der Waals surface area contributed by atoms with E-state index >= 15 is 0 Å². The Bertz CT molecular complexity index is 945. The maximum Gasteiger partial charge on any atom is 0.282 e. The fourth-order valence-corrected chi connectivity index (χ4v) is 4.69. The number of hydrogen-bond donors (Lipinski definition) is 1. The first-order chi connectivity index (χ1) is 14.5. The minimum atomic E-state index is -0.271. The van der Waals surface area contributed by atoms with Gasteiger partial charge < -0.3 is 14.9 Å². The van der Waals surface area contributed by atoms with E-state index in [1.165, 1.54) is 16.2 Å². The molecule has 0 unspecified atom stereocenters. The van der Waals surface area contributed by atoms with Gasteiger partial charge in [-0.15, -0.1) is 11.3 Å². The first-order valence-corrected chi connectivity index (χ1v) is 10.9. The number of aliphatic hydroxyl groups excluding tert-OH is 1. The quantitative estimate of drug-likeness (QED) is 0.710. The minimum Gasteiger partial charge on any atom is -0.395 e. The summed E-state index contributed by atoms with van der Waals surface area (Å²) in [6, 6.07) is 11.2. The van der Waals surface area contributed by atoms with Gasteiger partial charge in [-0.3, -0.25) is 14.5 Å². The molecule has 8 heteroatoms. The van der Waals surface area contributed by atoms with E-state index in [9.17, 15) is 14.7 Å². The largest absolute Gasteiger partial charge is 0.395 e. The van der Waals surface area contributed by atoms with Crippen molar-refractivity contribution in [3.63, 3.8) is 0 Å². The highest BCUT2D eigenvalue weighted by Gasteiger charge is 2.43. The molecule has 2 amide bonds. The van der Waals surface area contributed by atoms with Crippen molar-refractivity contribution in [1.82, 2.24) is 9.80 Å². The van der Waals surface area contributed by atoms with Crippen LogP contribution in [-0.2, 0) is 9.59 Å². The van der Waals surface area contributed by atoms with Crippen LogP contribution in [0.15, 0.2) is 47.5 Å². The van der Waals surface area contributed by atoms with Crippen molar-refractivity contribution in [3.05, 3.63) is 52.4 Å². The van der Waals surface area contributed by atoms with E-state index in [2.05, 4.69) is 4.90 Å². The van der Waals surface area contributed by atoms with Crippen LogP contribution in [0.25, 0.3) is 5.57 Å². The van der Waals surface area contributed by atoms with Crippen LogP contribution in [0.5, 0.6) is 0 Å². The Morgan fingerprint density at radius 3 is 2.27 bits per heavy atom. The Hall–Kier alpha value is -2.68. The normalized spacial score (nSPS) is 18.0. The number of amides is 2. The van der Waals surface area contributed by atoms with Gasteiger partial charge in [-0.2, -0.15) is 0 Å². The number of aliphatic hydroxyl groups is 1. The highest BCUT2D eigenvalue weighted by molar-refractivity contribution is 7.11. The zero-order valence-corrected chi connectivity index (χ0v) is 18.1. The summed E-state index contributed by atoms with van der Waals surface area (Å²) in [6.45, 7) is 3.55. The van der Waals surface area contributed by atoms with Crippen molar-refractivity contribution in [1.29, 1.82) is 0 Å². The fraction of sp³-hybridized carbons (Fsp3) is 0.364. The second kappa shape index (κ2) is 8.59. The number of piperazine rings is 1. The average molecular weight is 427 g/mol. The zero-order valence-electron chi connectivity index (χ0n) is 17.2. The lowest BCUT2D eigenvalue weighted by Crippen LogP contribution is -2.48. The molecule has 1 aromatic carbocycles. The highest BCUT2D eigenvalue weighted by Crippen LogP contribution is 2.37. The van der Waals surface area contributed by atoms with E-state index in [0.29, 0.717) is 36.6 Å². The summed E-state index contributed by atoms with van der Waals surface area (Å²) in [5.41, 5.74) is 2.56. The summed E-state index contributed by atoms with van der Waals surface area (Å²) < 4.78 is 0. The Balaban J connectivity index is 1.67. The number of nitrogens with zero attached hydrogens (tertiary/aromatic N) is 4. The lowest BCUT2D eigenvalue weighted by molar-refractivity contribution is -0.120. The Morgan fingerprint density at radius 2 is 1.70 bits per heavy atom. The third-order valence-electron chi connectivity index (χ3n) is 5.56. The minimum absolute atomic E-state index is 0.122. The van der Waals surface area contributed by atoms with Crippen LogP contribution >= 0.6 is 11.3 Å². The van der Waals surface area contributed by atoms with Gasteiger partial charge in [-0.05, 0) is 35.7 Å². The van der Waals surface area contributed by atoms with Crippen LogP contribution in [0.4, 0.5) is 11.4 Å². The average Bonchev–Trinajstić information content (AvgIpc) is 3.35. The summed E-state index contributed by atoms with van der Waals surface area (Å²) >= 11 is 1.47. The third kappa shape index (κ3) is 3.74. The predicted octanol–water partition coefficient (Wildman–Crippen LogP) is 1.71. The Labute approximate surface area is 180 Å². The van der Waals surface area contributed by atoms with Crippen molar-refractivity contribution < 1.29 is 14.7 Å².